The van der Waals surface area contributed by atoms with E-state index in [-0.39, 0.29) is 24.2 Å². The molecule has 1 unspecified atom stereocenters. The lowest BCUT2D eigenvalue weighted by molar-refractivity contribution is -0.132. The topological polar surface area (TPSA) is 103 Å². The fraction of sp³-hybridized carbons (Fsp3) is 0.875. The molecule has 0 radical (unpaired) electrons. The molecule has 8 nitrogen and oxygen atoms in total. The van der Waals surface area contributed by atoms with Gasteiger partial charge in [-0.1, -0.05) is 6.42 Å². The number of aliphatic imine (C=N–C) groups is 1. The molecule has 1 heterocycles. The summed E-state index contributed by atoms with van der Waals surface area (Å²) >= 11 is 0. The SMILES string of the molecule is CCNC(=NCCS(=O)(=O)NCC1CCC1)NC1CCC(=O)N(C)C1. The number of sulfonamides is 1. The van der Waals surface area contributed by atoms with Crippen molar-refractivity contribution in [1.82, 2.24) is 20.3 Å². The molecule has 0 aromatic heterocycles. The predicted molar refractivity (Wildman–Crippen MR) is 98.9 cm³/mol. The number of likely N-dealkylation sites (N-methyl/N-ethyl adjacent to an activating group) is 1. The number of guanidine groups is 1. The van der Waals surface area contributed by atoms with Crippen LogP contribution in [-0.2, 0) is 14.8 Å². The average Bonchev–Trinajstić information content (AvgIpc) is 2.49. The Hall–Kier alpha value is -1.35. The van der Waals surface area contributed by atoms with Crippen molar-refractivity contribution in [2.45, 2.75) is 45.1 Å². The summed E-state index contributed by atoms with van der Waals surface area (Å²) in [4.78, 5) is 17.6. The van der Waals surface area contributed by atoms with Gasteiger partial charge in [0.1, 0.15) is 0 Å². The molecule has 1 amide bonds. The van der Waals surface area contributed by atoms with Crippen LogP contribution in [0.15, 0.2) is 4.99 Å². The molecule has 3 N–H and O–H groups in total. The summed E-state index contributed by atoms with van der Waals surface area (Å²) < 4.78 is 26.7. The Labute approximate surface area is 150 Å². The van der Waals surface area contributed by atoms with Crippen molar-refractivity contribution in [2.24, 2.45) is 10.9 Å². The van der Waals surface area contributed by atoms with E-state index < -0.39 is 10.0 Å². The maximum atomic E-state index is 12.0. The molecule has 25 heavy (non-hydrogen) atoms. The van der Waals surface area contributed by atoms with Gasteiger partial charge < -0.3 is 15.5 Å². The maximum absolute atomic E-state index is 12.0. The van der Waals surface area contributed by atoms with Crippen molar-refractivity contribution in [1.29, 1.82) is 0 Å². The monoisotopic (exact) mass is 373 g/mol. The molecule has 1 aliphatic heterocycles. The molecule has 2 rings (SSSR count). The fourth-order valence-electron chi connectivity index (χ4n) is 2.93. The zero-order chi connectivity index (χ0) is 18.3. The summed E-state index contributed by atoms with van der Waals surface area (Å²) in [6, 6.07) is 0.133. The maximum Gasteiger partial charge on any atom is 0.222 e. The van der Waals surface area contributed by atoms with E-state index in [0.717, 1.165) is 19.3 Å². The third-order valence-electron chi connectivity index (χ3n) is 4.76. The van der Waals surface area contributed by atoms with Crippen molar-refractivity contribution in [3.63, 3.8) is 0 Å². The number of amides is 1. The van der Waals surface area contributed by atoms with Gasteiger partial charge in [-0.3, -0.25) is 9.79 Å². The van der Waals surface area contributed by atoms with E-state index in [4.69, 9.17) is 0 Å². The minimum Gasteiger partial charge on any atom is -0.357 e. The second-order valence-corrected chi connectivity index (χ2v) is 8.81. The van der Waals surface area contributed by atoms with Gasteiger partial charge in [0, 0.05) is 39.1 Å². The summed E-state index contributed by atoms with van der Waals surface area (Å²) in [6.45, 7) is 4.04. The Balaban J connectivity index is 1.78. The van der Waals surface area contributed by atoms with Crippen LogP contribution >= 0.6 is 0 Å². The van der Waals surface area contributed by atoms with Crippen LogP contribution in [0.2, 0.25) is 0 Å². The summed E-state index contributed by atoms with van der Waals surface area (Å²) in [5.41, 5.74) is 0. The molecule has 0 aromatic carbocycles. The predicted octanol–water partition coefficient (Wildman–Crippen LogP) is -0.118. The second-order valence-electron chi connectivity index (χ2n) is 6.88. The summed E-state index contributed by atoms with van der Waals surface area (Å²) in [5, 5.41) is 6.42. The number of nitrogens with zero attached hydrogens (tertiary/aromatic N) is 2. The number of likely N-dealkylation sites (tertiary alicyclic amines) is 1. The summed E-state index contributed by atoms with van der Waals surface area (Å²) in [7, 11) is -1.49. The summed E-state index contributed by atoms with van der Waals surface area (Å²) in [5.74, 6) is 1.25. The van der Waals surface area contributed by atoms with Crippen LogP contribution in [0.3, 0.4) is 0 Å². The third kappa shape index (κ3) is 6.81. The molecule has 144 valence electrons. The van der Waals surface area contributed by atoms with Gasteiger partial charge in [-0.2, -0.15) is 0 Å². The quantitative estimate of drug-likeness (QED) is 0.407. The van der Waals surface area contributed by atoms with Gasteiger partial charge >= 0.3 is 0 Å². The largest absolute Gasteiger partial charge is 0.357 e. The van der Waals surface area contributed by atoms with E-state index in [1.807, 2.05) is 6.92 Å². The van der Waals surface area contributed by atoms with E-state index >= 15 is 0 Å². The highest BCUT2D eigenvalue weighted by atomic mass is 32.2. The first-order chi connectivity index (χ1) is 11.9. The van der Waals surface area contributed by atoms with Crippen LogP contribution in [0.1, 0.15) is 39.0 Å². The first-order valence-electron chi connectivity index (χ1n) is 9.15. The number of nitrogens with one attached hydrogen (secondary N) is 3. The molecular weight excluding hydrogens is 342 g/mol. The van der Waals surface area contributed by atoms with Gasteiger partial charge in [0.15, 0.2) is 5.96 Å². The Morgan fingerprint density at radius 2 is 2.08 bits per heavy atom. The highest BCUT2D eigenvalue weighted by Crippen LogP contribution is 2.25. The van der Waals surface area contributed by atoms with Crippen molar-refractivity contribution >= 4 is 21.9 Å². The van der Waals surface area contributed by atoms with Crippen LogP contribution in [0.4, 0.5) is 0 Å². The van der Waals surface area contributed by atoms with Crippen LogP contribution in [0.5, 0.6) is 0 Å². The molecule has 0 aromatic rings. The Morgan fingerprint density at radius 3 is 2.68 bits per heavy atom. The van der Waals surface area contributed by atoms with Crippen molar-refractivity contribution < 1.29 is 13.2 Å². The summed E-state index contributed by atoms with van der Waals surface area (Å²) in [6.07, 6.45) is 4.72. The number of carbonyl (C=O) groups is 1. The van der Waals surface area contributed by atoms with E-state index in [0.29, 0.717) is 37.9 Å². The van der Waals surface area contributed by atoms with Crippen molar-refractivity contribution in [2.75, 3.05) is 39.0 Å². The standard InChI is InChI=1S/C16H31N5O3S/c1-3-17-16(20-14-7-8-15(22)21(2)12-14)18-9-10-25(23,24)19-11-13-5-4-6-13/h13-14,19H,3-12H2,1-2H3,(H2,17,18,20). The van der Waals surface area contributed by atoms with Gasteiger partial charge in [0.05, 0.1) is 12.3 Å². The molecule has 1 aliphatic carbocycles. The Kier molecular flexibility index (Phi) is 7.49. The van der Waals surface area contributed by atoms with Crippen LogP contribution in [0, 0.1) is 5.92 Å². The molecule has 9 heteroatoms. The molecule has 2 aliphatic rings. The van der Waals surface area contributed by atoms with E-state index in [1.165, 1.54) is 6.42 Å². The number of rotatable bonds is 8. The zero-order valence-corrected chi connectivity index (χ0v) is 16.1. The highest BCUT2D eigenvalue weighted by Gasteiger charge is 2.23. The fourth-order valence-corrected chi connectivity index (χ4v) is 3.90. The van der Waals surface area contributed by atoms with Crippen LogP contribution in [-0.4, -0.2) is 70.2 Å². The van der Waals surface area contributed by atoms with Gasteiger partial charge in [-0.05, 0) is 32.1 Å². The Bertz CT molecular complexity index is 574. The number of hydrogen-bond donors (Lipinski definition) is 3. The first kappa shape index (κ1) is 20.0. The van der Waals surface area contributed by atoms with Gasteiger partial charge in [-0.25, -0.2) is 13.1 Å². The number of piperidine rings is 1. The van der Waals surface area contributed by atoms with Gasteiger partial charge in [0.2, 0.25) is 15.9 Å². The minimum atomic E-state index is -3.28. The van der Waals surface area contributed by atoms with Crippen LogP contribution in [0.25, 0.3) is 0 Å². The smallest absolute Gasteiger partial charge is 0.222 e. The first-order valence-corrected chi connectivity index (χ1v) is 10.8. The van der Waals surface area contributed by atoms with Crippen molar-refractivity contribution in [3.8, 4) is 0 Å². The minimum absolute atomic E-state index is 0.0145. The van der Waals surface area contributed by atoms with E-state index in [9.17, 15) is 13.2 Å². The molecule has 0 bridgehead atoms. The lowest BCUT2D eigenvalue weighted by Crippen LogP contribution is -2.51. The molecule has 2 fully saturated rings. The van der Waals surface area contributed by atoms with Gasteiger partial charge in [0.25, 0.3) is 0 Å². The molecule has 1 saturated carbocycles. The second kappa shape index (κ2) is 9.38. The zero-order valence-electron chi connectivity index (χ0n) is 15.3. The molecule has 0 spiro atoms. The number of hydrogen-bond acceptors (Lipinski definition) is 4. The highest BCUT2D eigenvalue weighted by molar-refractivity contribution is 7.89. The Morgan fingerprint density at radius 1 is 1.32 bits per heavy atom. The average molecular weight is 374 g/mol. The van der Waals surface area contributed by atoms with E-state index in [2.05, 4.69) is 20.3 Å². The number of carbonyl (C=O) groups excluding carboxylic acids is 1. The van der Waals surface area contributed by atoms with Crippen molar-refractivity contribution in [3.05, 3.63) is 0 Å². The van der Waals surface area contributed by atoms with Gasteiger partial charge in [-0.15, -0.1) is 0 Å². The molecule has 1 atom stereocenters. The molecular formula is C16H31N5O3S. The lowest BCUT2D eigenvalue weighted by Gasteiger charge is -2.31. The lowest BCUT2D eigenvalue weighted by atomic mass is 9.86. The normalized spacial score (nSPS) is 22.6. The molecule has 1 saturated heterocycles. The van der Waals surface area contributed by atoms with E-state index in [1.54, 1.807) is 11.9 Å². The van der Waals surface area contributed by atoms with Crippen LogP contribution < -0.4 is 15.4 Å². The third-order valence-corrected chi connectivity index (χ3v) is 6.08.